The molecular formula is C11H18F2O3S. The van der Waals surface area contributed by atoms with Crippen LogP contribution in [0.4, 0.5) is 8.28 Å². The first-order chi connectivity index (χ1) is 7.88. The Morgan fingerprint density at radius 3 is 1.94 bits per heavy atom. The second-order valence-electron chi connectivity index (χ2n) is 2.41. The van der Waals surface area contributed by atoms with E-state index in [0.717, 1.165) is 12.1 Å². The summed E-state index contributed by atoms with van der Waals surface area (Å²) in [5.41, 5.74) is 0.584. The molecule has 0 bridgehead atoms. The lowest BCUT2D eigenvalue weighted by Crippen LogP contribution is -2.02. The highest BCUT2D eigenvalue weighted by Crippen LogP contribution is 2.19. The van der Waals surface area contributed by atoms with Gasteiger partial charge in [0.25, 0.3) is 0 Å². The molecule has 0 N–H and O–H groups in total. The van der Waals surface area contributed by atoms with Gasteiger partial charge in [-0.15, -0.1) is 0 Å². The molecule has 0 heterocycles. The third kappa shape index (κ3) is 8.62. The van der Waals surface area contributed by atoms with Crippen LogP contribution in [-0.4, -0.2) is 8.42 Å². The molecule has 0 amide bonds. The van der Waals surface area contributed by atoms with Crippen LogP contribution in [0, 0.1) is 12.7 Å². The van der Waals surface area contributed by atoms with E-state index in [0.29, 0.717) is 5.56 Å². The summed E-state index contributed by atoms with van der Waals surface area (Å²) in [5.74, 6) is -1.56. The molecule has 6 heteroatoms. The maximum Gasteiger partial charge on any atom is 0.488 e. The van der Waals surface area contributed by atoms with Crippen LogP contribution in [0.25, 0.3) is 0 Å². The van der Waals surface area contributed by atoms with E-state index in [-0.39, 0.29) is 0 Å². The zero-order valence-electron chi connectivity index (χ0n) is 10.6. The van der Waals surface area contributed by atoms with Crippen molar-refractivity contribution in [3.05, 3.63) is 29.6 Å². The number of aryl methyl sites for hydroxylation is 1. The molecule has 17 heavy (non-hydrogen) atoms. The SMILES string of the molecule is CC.CC.Cc1ccc(OS(=O)(=O)F)c(F)c1. The monoisotopic (exact) mass is 268 g/mol. The Bertz CT molecular complexity index is 417. The fraction of sp³-hybridized carbons (Fsp3) is 0.455. The minimum absolute atomic E-state index is 0.584. The Morgan fingerprint density at radius 2 is 1.59 bits per heavy atom. The molecule has 1 aromatic carbocycles. The lowest BCUT2D eigenvalue weighted by Gasteiger charge is -2.01. The molecule has 0 radical (unpaired) electrons. The van der Waals surface area contributed by atoms with Crippen LogP contribution in [0.1, 0.15) is 33.3 Å². The third-order valence-electron chi connectivity index (χ3n) is 1.28. The van der Waals surface area contributed by atoms with Crippen LogP contribution in [0.3, 0.4) is 0 Å². The van der Waals surface area contributed by atoms with Crippen LogP contribution < -0.4 is 4.18 Å². The lowest BCUT2D eigenvalue weighted by atomic mass is 10.2. The Balaban J connectivity index is 0. The van der Waals surface area contributed by atoms with Crippen molar-refractivity contribution in [3.8, 4) is 5.75 Å². The van der Waals surface area contributed by atoms with E-state index >= 15 is 0 Å². The van der Waals surface area contributed by atoms with Gasteiger partial charge in [0.05, 0.1) is 0 Å². The molecule has 0 aliphatic rings. The normalized spacial score (nSPS) is 9.35. The maximum absolute atomic E-state index is 12.8. The van der Waals surface area contributed by atoms with E-state index in [1.807, 2.05) is 27.7 Å². The van der Waals surface area contributed by atoms with Gasteiger partial charge in [-0.05, 0) is 24.6 Å². The Labute approximate surface area is 102 Å². The summed E-state index contributed by atoms with van der Waals surface area (Å²) in [7, 11) is -5.15. The van der Waals surface area contributed by atoms with Gasteiger partial charge in [-0.25, -0.2) is 4.39 Å². The summed E-state index contributed by atoms with van der Waals surface area (Å²) in [6.45, 7) is 9.61. The van der Waals surface area contributed by atoms with Gasteiger partial charge in [0.2, 0.25) is 0 Å². The van der Waals surface area contributed by atoms with Gasteiger partial charge in [0.15, 0.2) is 11.6 Å². The Morgan fingerprint density at radius 1 is 1.12 bits per heavy atom. The Hall–Kier alpha value is -1.17. The van der Waals surface area contributed by atoms with Gasteiger partial charge in [-0.2, -0.15) is 8.42 Å². The minimum Gasteiger partial charge on any atom is -0.355 e. The van der Waals surface area contributed by atoms with Gasteiger partial charge < -0.3 is 4.18 Å². The van der Waals surface area contributed by atoms with E-state index in [4.69, 9.17) is 0 Å². The smallest absolute Gasteiger partial charge is 0.355 e. The van der Waals surface area contributed by atoms with Crippen molar-refractivity contribution in [3.63, 3.8) is 0 Å². The number of hydrogen-bond donors (Lipinski definition) is 0. The zero-order valence-corrected chi connectivity index (χ0v) is 11.4. The van der Waals surface area contributed by atoms with Crippen LogP contribution in [0.5, 0.6) is 5.75 Å². The third-order valence-corrected chi connectivity index (χ3v) is 1.66. The van der Waals surface area contributed by atoms with Crippen molar-refractivity contribution >= 4 is 10.5 Å². The molecule has 1 aromatic rings. The first kappa shape index (κ1) is 18.2. The Kier molecular flexibility index (Phi) is 9.55. The predicted molar refractivity (Wildman–Crippen MR) is 64.5 cm³/mol. The van der Waals surface area contributed by atoms with E-state index in [1.54, 1.807) is 6.92 Å². The highest BCUT2D eigenvalue weighted by Gasteiger charge is 2.13. The van der Waals surface area contributed by atoms with Crippen LogP contribution in [-0.2, 0) is 10.5 Å². The second-order valence-corrected chi connectivity index (χ2v) is 3.36. The molecule has 0 spiro atoms. The fourth-order valence-electron chi connectivity index (χ4n) is 0.781. The number of rotatable bonds is 2. The molecule has 0 aromatic heterocycles. The minimum atomic E-state index is -5.15. The van der Waals surface area contributed by atoms with Crippen molar-refractivity contribution < 1.29 is 20.9 Å². The van der Waals surface area contributed by atoms with E-state index in [2.05, 4.69) is 4.18 Å². The van der Waals surface area contributed by atoms with Gasteiger partial charge in [-0.1, -0.05) is 37.6 Å². The first-order valence-corrected chi connectivity index (χ1v) is 6.59. The number of hydrogen-bond acceptors (Lipinski definition) is 3. The highest BCUT2D eigenvalue weighted by atomic mass is 32.3. The summed E-state index contributed by atoms with van der Waals surface area (Å²) >= 11 is 0. The van der Waals surface area contributed by atoms with E-state index in [9.17, 15) is 16.7 Å². The summed E-state index contributed by atoms with van der Waals surface area (Å²) in [5, 5.41) is 0. The van der Waals surface area contributed by atoms with Gasteiger partial charge in [0, 0.05) is 0 Å². The molecule has 0 aliphatic carbocycles. The number of benzene rings is 1. The molecule has 100 valence electrons. The van der Waals surface area contributed by atoms with E-state index < -0.39 is 22.1 Å². The van der Waals surface area contributed by atoms with Gasteiger partial charge in [-0.3, -0.25) is 0 Å². The second kappa shape index (κ2) is 8.92. The van der Waals surface area contributed by atoms with Crippen LogP contribution in [0.15, 0.2) is 18.2 Å². The molecule has 0 saturated heterocycles. The van der Waals surface area contributed by atoms with Gasteiger partial charge in [0.1, 0.15) is 0 Å². The molecule has 1 rings (SSSR count). The number of halogens is 2. The molecule has 0 aliphatic heterocycles. The van der Waals surface area contributed by atoms with Crippen molar-refractivity contribution in [1.29, 1.82) is 0 Å². The quantitative estimate of drug-likeness (QED) is 0.767. The molecule has 0 fully saturated rings. The van der Waals surface area contributed by atoms with E-state index in [1.165, 1.54) is 6.07 Å². The topological polar surface area (TPSA) is 43.4 Å². The predicted octanol–water partition coefficient (Wildman–Crippen LogP) is 3.78. The van der Waals surface area contributed by atoms with Crippen molar-refractivity contribution in [2.45, 2.75) is 34.6 Å². The summed E-state index contributed by atoms with van der Waals surface area (Å²) in [4.78, 5) is 0. The van der Waals surface area contributed by atoms with Crippen molar-refractivity contribution in [2.75, 3.05) is 0 Å². The zero-order chi connectivity index (χ0) is 14.1. The summed E-state index contributed by atoms with van der Waals surface area (Å²) < 4.78 is 48.4. The fourth-order valence-corrected chi connectivity index (χ4v) is 1.13. The highest BCUT2D eigenvalue weighted by molar-refractivity contribution is 7.81. The first-order valence-electron chi connectivity index (χ1n) is 5.29. The van der Waals surface area contributed by atoms with Gasteiger partial charge >= 0.3 is 10.5 Å². The average molecular weight is 268 g/mol. The lowest BCUT2D eigenvalue weighted by molar-refractivity contribution is 0.423. The molecule has 0 unspecified atom stereocenters. The van der Waals surface area contributed by atoms with Crippen LogP contribution >= 0.6 is 0 Å². The molecule has 0 saturated carbocycles. The maximum atomic E-state index is 12.8. The largest absolute Gasteiger partial charge is 0.488 e. The molecule has 0 atom stereocenters. The van der Waals surface area contributed by atoms with Crippen molar-refractivity contribution in [1.82, 2.24) is 0 Å². The summed E-state index contributed by atoms with van der Waals surface area (Å²) in [6.07, 6.45) is 0. The molecular weight excluding hydrogens is 250 g/mol. The summed E-state index contributed by atoms with van der Waals surface area (Å²) in [6, 6.07) is 3.49. The van der Waals surface area contributed by atoms with Crippen molar-refractivity contribution in [2.24, 2.45) is 0 Å². The standard InChI is InChI=1S/C7H6F2O3S.2C2H6/c1-5-2-3-7(6(8)4-5)12-13(9,10)11;2*1-2/h2-4H,1H3;2*1-2H3. The average Bonchev–Trinajstić information content (AvgIpc) is 2.27. The molecule has 3 nitrogen and oxygen atoms in total. The van der Waals surface area contributed by atoms with Crippen LogP contribution in [0.2, 0.25) is 0 Å².